The Morgan fingerprint density at radius 2 is 0.792 bits per heavy atom. The van der Waals surface area contributed by atoms with Gasteiger partial charge in [-0.2, -0.15) is 35.1 Å². The van der Waals surface area contributed by atoms with E-state index in [2.05, 4.69) is 9.47 Å². The van der Waals surface area contributed by atoms with Crippen molar-refractivity contribution in [3.8, 4) is 0 Å². The van der Waals surface area contributed by atoms with Crippen LogP contribution in [0, 0.1) is 0 Å². The van der Waals surface area contributed by atoms with Crippen molar-refractivity contribution in [2.45, 2.75) is 36.9 Å². The Morgan fingerprint density at radius 1 is 0.583 bits per heavy atom. The Morgan fingerprint density at radius 3 is 0.917 bits per heavy atom. The number of halogens is 12. The molecule has 0 aliphatic carbocycles. The topological polar surface area (TPSA) is 52.6 Å². The number of alkyl halides is 12. The molecule has 0 aromatic carbocycles. The molecule has 0 N–H and O–H groups in total. The smallest absolute Gasteiger partial charge is 0.406 e. The molecule has 0 aliphatic heterocycles. The van der Waals surface area contributed by atoms with E-state index in [1.54, 1.807) is 0 Å². The van der Waals surface area contributed by atoms with Gasteiger partial charge in [0.25, 0.3) is 0 Å². The monoisotopic (exact) mass is 390 g/mol. The SMILES string of the molecule is O=C(OC(F)(C(F)F)C(F)(F)F)C(=O)OC(F)(C(F)F)C(F)(F)F. The molecular formula is C8H2F12O4. The zero-order valence-electron chi connectivity index (χ0n) is 10.3. The molecule has 0 heterocycles. The minimum Gasteiger partial charge on any atom is -0.406 e. The van der Waals surface area contributed by atoms with Gasteiger partial charge in [0.15, 0.2) is 0 Å². The third kappa shape index (κ3) is 4.14. The summed E-state index contributed by atoms with van der Waals surface area (Å²) in [6.45, 7) is 0. The molecule has 0 radical (unpaired) electrons. The predicted octanol–water partition coefficient (Wildman–Crippen LogP) is 3.06. The summed E-state index contributed by atoms with van der Waals surface area (Å²) in [5.41, 5.74) is 0. The second-order valence-electron chi connectivity index (χ2n) is 3.67. The normalized spacial score (nSPS) is 18.1. The maximum Gasteiger partial charge on any atom is 0.466 e. The van der Waals surface area contributed by atoms with Gasteiger partial charge in [-0.3, -0.25) is 0 Å². The number of ether oxygens (including phenoxy) is 2. The first-order chi connectivity index (χ1) is 10.4. The van der Waals surface area contributed by atoms with Crippen molar-refractivity contribution in [3.05, 3.63) is 0 Å². The summed E-state index contributed by atoms with van der Waals surface area (Å²) in [6.07, 6.45) is -23.8. The molecule has 2 atom stereocenters. The summed E-state index contributed by atoms with van der Waals surface area (Å²) >= 11 is 0. The molecule has 0 saturated carbocycles. The van der Waals surface area contributed by atoms with Gasteiger partial charge in [0, 0.05) is 0 Å². The minimum atomic E-state index is -6.68. The van der Waals surface area contributed by atoms with E-state index in [0.29, 0.717) is 0 Å². The highest BCUT2D eigenvalue weighted by atomic mass is 19.4. The van der Waals surface area contributed by atoms with Gasteiger partial charge in [-0.05, 0) is 0 Å². The lowest BCUT2D eigenvalue weighted by Gasteiger charge is -2.28. The molecule has 0 saturated heterocycles. The first-order valence-corrected chi connectivity index (χ1v) is 4.94. The van der Waals surface area contributed by atoms with E-state index in [1.165, 1.54) is 0 Å². The Kier molecular flexibility index (Phi) is 6.02. The van der Waals surface area contributed by atoms with Gasteiger partial charge >= 0.3 is 48.9 Å². The van der Waals surface area contributed by atoms with Crippen molar-refractivity contribution in [3.63, 3.8) is 0 Å². The second-order valence-corrected chi connectivity index (χ2v) is 3.67. The van der Waals surface area contributed by atoms with Crippen LogP contribution < -0.4 is 0 Å². The number of esters is 2. The maximum atomic E-state index is 12.9. The summed E-state index contributed by atoms with van der Waals surface area (Å²) in [5, 5.41) is 0. The number of hydrogen-bond donors (Lipinski definition) is 0. The lowest BCUT2D eigenvalue weighted by Crippen LogP contribution is -2.54. The number of hydrogen-bond acceptors (Lipinski definition) is 4. The zero-order valence-corrected chi connectivity index (χ0v) is 10.3. The van der Waals surface area contributed by atoms with Gasteiger partial charge in [-0.25, -0.2) is 27.2 Å². The van der Waals surface area contributed by atoms with Crippen LogP contribution in [0.2, 0.25) is 0 Å². The van der Waals surface area contributed by atoms with Crippen LogP contribution in [0.3, 0.4) is 0 Å². The summed E-state index contributed by atoms with van der Waals surface area (Å²) < 4.78 is 150. The average Bonchev–Trinajstić information content (AvgIpc) is 2.34. The molecule has 0 aliphatic rings. The lowest BCUT2D eigenvalue weighted by molar-refractivity contribution is -0.363. The van der Waals surface area contributed by atoms with Crippen LogP contribution in [0.5, 0.6) is 0 Å². The molecule has 142 valence electrons. The molecule has 0 aromatic rings. The van der Waals surface area contributed by atoms with E-state index in [1.807, 2.05) is 0 Å². The van der Waals surface area contributed by atoms with Gasteiger partial charge in [0.2, 0.25) is 0 Å². The molecule has 2 unspecified atom stereocenters. The van der Waals surface area contributed by atoms with E-state index in [-0.39, 0.29) is 0 Å². The third-order valence-electron chi connectivity index (χ3n) is 1.98. The minimum absolute atomic E-state index is 2.33. The molecule has 0 fully saturated rings. The molecular weight excluding hydrogens is 388 g/mol. The van der Waals surface area contributed by atoms with Gasteiger partial charge in [0.05, 0.1) is 0 Å². The van der Waals surface area contributed by atoms with Gasteiger partial charge in [-0.15, -0.1) is 0 Å². The number of carbonyl (C=O) groups is 2. The van der Waals surface area contributed by atoms with Crippen molar-refractivity contribution in [1.82, 2.24) is 0 Å². The third-order valence-corrected chi connectivity index (χ3v) is 1.98. The van der Waals surface area contributed by atoms with Crippen molar-refractivity contribution in [2.24, 2.45) is 0 Å². The van der Waals surface area contributed by atoms with E-state index < -0.39 is 48.9 Å². The van der Waals surface area contributed by atoms with Gasteiger partial charge < -0.3 is 9.47 Å². The fraction of sp³-hybridized carbons (Fsp3) is 0.750. The molecule has 16 heteroatoms. The maximum absolute atomic E-state index is 12.9. The van der Waals surface area contributed by atoms with Crippen LogP contribution in [0.1, 0.15) is 0 Å². The number of rotatable bonds is 4. The second kappa shape index (κ2) is 6.54. The lowest BCUT2D eigenvalue weighted by atomic mass is 10.3. The highest BCUT2D eigenvalue weighted by Gasteiger charge is 2.69. The van der Waals surface area contributed by atoms with E-state index >= 15 is 0 Å². The Balaban J connectivity index is 5.44. The van der Waals surface area contributed by atoms with Crippen molar-refractivity contribution < 1.29 is 71.7 Å². The van der Waals surface area contributed by atoms with Crippen LogP contribution in [-0.2, 0) is 19.1 Å². The van der Waals surface area contributed by atoms with Gasteiger partial charge in [-0.1, -0.05) is 0 Å². The standard InChI is InChI=1S/C8H2F12O4/c9-3(10)5(13,7(15,16)17)23-1(21)2(22)24-6(14,4(11)12)8(18,19)20/h3-4H. The largest absolute Gasteiger partial charge is 0.466 e. The van der Waals surface area contributed by atoms with Crippen LogP contribution >= 0.6 is 0 Å². The predicted molar refractivity (Wildman–Crippen MR) is 44.0 cm³/mol. The summed E-state index contributed by atoms with van der Waals surface area (Å²) in [5.74, 6) is -19.5. The quantitative estimate of drug-likeness (QED) is 0.421. The van der Waals surface area contributed by atoms with E-state index in [9.17, 15) is 62.3 Å². The van der Waals surface area contributed by atoms with E-state index in [4.69, 9.17) is 0 Å². The average molecular weight is 390 g/mol. The summed E-state index contributed by atoms with van der Waals surface area (Å²) in [4.78, 5) is 21.2. The highest BCUT2D eigenvalue weighted by Crippen LogP contribution is 2.42. The van der Waals surface area contributed by atoms with Crippen molar-refractivity contribution in [2.75, 3.05) is 0 Å². The molecule has 4 nitrogen and oxygen atoms in total. The molecule has 0 amide bonds. The summed E-state index contributed by atoms with van der Waals surface area (Å²) in [7, 11) is 0. The summed E-state index contributed by atoms with van der Waals surface area (Å²) in [6, 6.07) is 0. The van der Waals surface area contributed by atoms with Gasteiger partial charge in [0.1, 0.15) is 0 Å². The molecule has 0 aromatic heterocycles. The molecule has 0 spiro atoms. The van der Waals surface area contributed by atoms with Crippen molar-refractivity contribution in [1.29, 1.82) is 0 Å². The molecule has 0 rings (SSSR count). The fourth-order valence-electron chi connectivity index (χ4n) is 0.805. The van der Waals surface area contributed by atoms with Crippen LogP contribution in [0.25, 0.3) is 0 Å². The van der Waals surface area contributed by atoms with E-state index in [0.717, 1.165) is 0 Å². The Bertz CT molecular complexity index is 440. The molecule has 24 heavy (non-hydrogen) atoms. The highest BCUT2D eigenvalue weighted by molar-refractivity contribution is 6.29. The Hall–Kier alpha value is -1.90. The first-order valence-electron chi connectivity index (χ1n) is 4.94. The van der Waals surface area contributed by atoms with Crippen LogP contribution in [-0.4, -0.2) is 48.9 Å². The van der Waals surface area contributed by atoms with Crippen LogP contribution in [0.4, 0.5) is 52.7 Å². The molecule has 0 bridgehead atoms. The first kappa shape index (κ1) is 22.1. The van der Waals surface area contributed by atoms with Crippen molar-refractivity contribution >= 4 is 11.9 Å². The van der Waals surface area contributed by atoms with Crippen LogP contribution in [0.15, 0.2) is 0 Å². The number of carbonyl (C=O) groups excluding carboxylic acids is 2. The fourth-order valence-corrected chi connectivity index (χ4v) is 0.805. The zero-order chi connectivity index (χ0) is 19.7. The Labute approximate surface area is 122 Å².